The second kappa shape index (κ2) is 10.9. The minimum absolute atomic E-state index is 0.0290. The summed E-state index contributed by atoms with van der Waals surface area (Å²) in [5.41, 5.74) is 4.77. The molecule has 0 aliphatic heterocycles. The van der Waals surface area contributed by atoms with Crippen LogP contribution in [-0.2, 0) is 0 Å². The predicted octanol–water partition coefficient (Wildman–Crippen LogP) is 12.7. The average Bonchev–Trinajstić information content (AvgIpc) is 3.95. The molecular weight excluding hydrogens is 647 g/mol. The molecule has 11 aromatic rings. The van der Waals surface area contributed by atoms with E-state index in [1.807, 2.05) is 115 Å². The van der Waals surface area contributed by atoms with Crippen molar-refractivity contribution in [3.63, 3.8) is 0 Å². The third-order valence-electron chi connectivity index (χ3n) is 9.27. The molecule has 0 fully saturated rings. The number of para-hydroxylation sites is 4. The van der Waals surface area contributed by atoms with Crippen molar-refractivity contribution in [1.82, 2.24) is 15.0 Å². The summed E-state index contributed by atoms with van der Waals surface area (Å²) in [5.74, 6) is 0.631. The number of nitrogens with zero attached hydrogens (tertiary/aromatic N) is 3. The molecule has 0 N–H and O–H groups in total. The van der Waals surface area contributed by atoms with E-state index in [9.17, 15) is 4.11 Å². The molecule has 0 saturated carbocycles. The summed E-state index contributed by atoms with van der Waals surface area (Å²) in [7, 11) is 0. The number of hydrogen-bond donors (Lipinski definition) is 0. The van der Waals surface area contributed by atoms with Crippen LogP contribution in [0, 0.1) is 0 Å². The first-order chi connectivity index (χ1) is 27.8. The van der Waals surface area contributed by atoms with Gasteiger partial charge in [0.15, 0.2) is 17.5 Å². The van der Waals surface area contributed by atoms with Gasteiger partial charge in [-0.1, -0.05) is 127 Å². The molecule has 4 aromatic heterocycles. The zero-order chi connectivity index (χ0) is 38.7. The highest BCUT2D eigenvalue weighted by Crippen LogP contribution is 2.44. The molecule has 0 atom stereocenters. The summed E-state index contributed by atoms with van der Waals surface area (Å²) in [6, 6.07) is 34.8. The van der Waals surface area contributed by atoms with Crippen LogP contribution in [0.4, 0.5) is 0 Å². The van der Waals surface area contributed by atoms with Crippen LogP contribution in [0.5, 0.6) is 0 Å². The van der Waals surface area contributed by atoms with Gasteiger partial charge in [-0.2, -0.15) is 0 Å². The van der Waals surface area contributed by atoms with Gasteiger partial charge in [0, 0.05) is 64.0 Å². The molecular formula is C45H25N3O2S. The average molecular weight is 678 g/mol. The molecule has 6 heteroatoms. The number of hydrogen-bond acceptors (Lipinski definition) is 6. The zero-order valence-corrected chi connectivity index (χ0v) is 27.4. The predicted molar refractivity (Wildman–Crippen MR) is 209 cm³/mol. The summed E-state index contributed by atoms with van der Waals surface area (Å²) in [6.07, 6.45) is 0. The molecule has 7 aromatic carbocycles. The maximum Gasteiger partial charge on any atom is 0.167 e. The van der Waals surface area contributed by atoms with Gasteiger partial charge in [0.2, 0.25) is 0 Å². The van der Waals surface area contributed by atoms with Gasteiger partial charge < -0.3 is 8.83 Å². The lowest BCUT2D eigenvalue weighted by Gasteiger charge is -2.09. The molecule has 0 bridgehead atoms. The van der Waals surface area contributed by atoms with Crippen LogP contribution in [0.1, 0.15) is 8.22 Å². The van der Waals surface area contributed by atoms with Gasteiger partial charge in [-0.15, -0.1) is 11.3 Å². The minimum Gasteiger partial charge on any atom is -0.455 e. The number of benzene rings is 7. The number of fused-ring (bicyclic) bond motifs is 9. The van der Waals surface area contributed by atoms with Crippen LogP contribution < -0.4 is 0 Å². The molecule has 0 aliphatic rings. The van der Waals surface area contributed by atoms with Crippen LogP contribution >= 0.6 is 11.3 Å². The third kappa shape index (κ3) is 4.37. The van der Waals surface area contributed by atoms with Crippen molar-refractivity contribution < 1.29 is 17.1 Å². The fraction of sp³-hybridized carbons (Fsp3) is 0. The van der Waals surface area contributed by atoms with Crippen LogP contribution in [0.25, 0.3) is 109 Å². The van der Waals surface area contributed by atoms with E-state index in [-0.39, 0.29) is 64.2 Å². The normalized spacial score (nSPS) is 13.6. The fourth-order valence-corrected chi connectivity index (χ4v) is 8.04. The van der Waals surface area contributed by atoms with Gasteiger partial charge in [-0.25, -0.2) is 15.0 Å². The van der Waals surface area contributed by atoms with E-state index in [2.05, 4.69) is 0 Å². The Morgan fingerprint density at radius 3 is 1.80 bits per heavy atom. The molecule has 0 radical (unpaired) electrons. The quantitative estimate of drug-likeness (QED) is 0.185. The van der Waals surface area contributed by atoms with Crippen LogP contribution in [-0.4, -0.2) is 15.0 Å². The second-order valence-electron chi connectivity index (χ2n) is 12.2. The number of furan rings is 2. The van der Waals surface area contributed by atoms with E-state index >= 15 is 0 Å². The highest BCUT2D eigenvalue weighted by atomic mass is 32.1. The highest BCUT2D eigenvalue weighted by molar-refractivity contribution is 7.26. The Morgan fingerprint density at radius 1 is 0.451 bits per heavy atom. The molecule has 11 rings (SSSR count). The molecule has 0 unspecified atom stereocenters. The summed E-state index contributed by atoms with van der Waals surface area (Å²) < 4.78 is 69.1. The maximum atomic E-state index is 9.67. The van der Waals surface area contributed by atoms with Gasteiger partial charge in [-0.3, -0.25) is 0 Å². The Kier molecular flexibility index (Phi) is 4.91. The second-order valence-corrected chi connectivity index (χ2v) is 13.3. The summed E-state index contributed by atoms with van der Waals surface area (Å²) in [6.45, 7) is 0. The van der Waals surface area contributed by atoms with E-state index in [4.69, 9.17) is 27.9 Å². The smallest absolute Gasteiger partial charge is 0.167 e. The molecule has 238 valence electrons. The minimum atomic E-state index is -0.318. The number of thiophene rings is 1. The lowest BCUT2D eigenvalue weighted by Crippen LogP contribution is -2.00. The third-order valence-corrected chi connectivity index (χ3v) is 10.4. The molecule has 0 spiro atoms. The van der Waals surface area contributed by atoms with Crippen LogP contribution in [0.3, 0.4) is 0 Å². The fourth-order valence-electron chi connectivity index (χ4n) is 6.91. The van der Waals surface area contributed by atoms with E-state index in [0.29, 0.717) is 59.8 Å². The van der Waals surface area contributed by atoms with Gasteiger partial charge >= 0.3 is 0 Å². The number of rotatable bonds is 4. The first kappa shape index (κ1) is 22.9. The molecule has 5 nitrogen and oxygen atoms in total. The van der Waals surface area contributed by atoms with E-state index in [1.54, 1.807) is 0 Å². The molecule has 4 heterocycles. The molecule has 0 saturated heterocycles. The van der Waals surface area contributed by atoms with E-state index < -0.39 is 0 Å². The molecule has 51 heavy (non-hydrogen) atoms. The Labute approximate surface area is 303 Å². The van der Waals surface area contributed by atoms with Crippen molar-refractivity contribution >= 4 is 75.4 Å². The highest BCUT2D eigenvalue weighted by Gasteiger charge is 2.20. The standard InChI is InChI=1S/C45H25N3O2S/c1-2-11-26(12-3-1)43-46-44(48-45(47-43)36-20-9-16-32-29-14-5-7-22-38(29)50-41(32)36)27-23-24-30-34-18-10-19-35(42(34)51-39(30)25-27)33-17-8-15-31-28-13-4-6-21-37(28)49-40(31)33/h1-25H/i10D,18D,19D,23D,24D,25D. The van der Waals surface area contributed by atoms with Crippen LogP contribution in [0.15, 0.2) is 160 Å². The topological polar surface area (TPSA) is 65.0 Å². The van der Waals surface area contributed by atoms with Crippen molar-refractivity contribution in [2.24, 2.45) is 0 Å². The SMILES string of the molecule is [2H]c1c([2H])c([2H])c2c(sc3c([2H])c(-c4nc(-c5ccccc5)nc(-c5cccc6c5oc5ccccc56)n4)c([2H])c([2H])c32)c1-c1cccc2c1oc1ccccc12. The summed E-state index contributed by atoms with van der Waals surface area (Å²) in [5, 5.41) is 4.03. The summed E-state index contributed by atoms with van der Waals surface area (Å²) in [4.78, 5) is 14.6. The monoisotopic (exact) mass is 677 g/mol. The van der Waals surface area contributed by atoms with Gasteiger partial charge in [0.25, 0.3) is 0 Å². The molecule has 0 aliphatic carbocycles. The van der Waals surface area contributed by atoms with E-state index in [0.717, 1.165) is 32.9 Å². The molecule has 0 amide bonds. The zero-order valence-electron chi connectivity index (χ0n) is 32.5. The first-order valence-electron chi connectivity index (χ1n) is 19.4. The first-order valence-corrected chi connectivity index (χ1v) is 17.2. The Hall–Kier alpha value is -6.63. The van der Waals surface area contributed by atoms with Crippen molar-refractivity contribution in [2.45, 2.75) is 0 Å². The van der Waals surface area contributed by atoms with Crippen molar-refractivity contribution in [3.8, 4) is 45.3 Å². The largest absolute Gasteiger partial charge is 0.455 e. The van der Waals surface area contributed by atoms with Crippen molar-refractivity contribution in [1.29, 1.82) is 0 Å². The van der Waals surface area contributed by atoms with E-state index in [1.165, 1.54) is 0 Å². The summed E-state index contributed by atoms with van der Waals surface area (Å²) >= 11 is 1.16. The maximum absolute atomic E-state index is 9.67. The Balaban J connectivity index is 1.20. The Morgan fingerprint density at radius 2 is 1.06 bits per heavy atom. The lowest BCUT2D eigenvalue weighted by atomic mass is 10.00. The van der Waals surface area contributed by atoms with Gasteiger partial charge in [0.1, 0.15) is 22.3 Å². The van der Waals surface area contributed by atoms with Crippen LogP contribution in [0.2, 0.25) is 0 Å². The van der Waals surface area contributed by atoms with Gasteiger partial charge in [-0.05, 0) is 24.2 Å². The lowest BCUT2D eigenvalue weighted by molar-refractivity contribution is 0.669. The Bertz CT molecular complexity index is 3510. The number of aromatic nitrogens is 3. The van der Waals surface area contributed by atoms with Gasteiger partial charge in [0.05, 0.1) is 13.8 Å². The van der Waals surface area contributed by atoms with Crippen molar-refractivity contribution in [2.75, 3.05) is 0 Å². The van der Waals surface area contributed by atoms with Crippen molar-refractivity contribution in [3.05, 3.63) is 152 Å².